The van der Waals surface area contributed by atoms with Crippen LogP contribution in [-0.4, -0.2) is 68.7 Å². The van der Waals surface area contributed by atoms with Gasteiger partial charge >= 0.3 is 0 Å². The highest BCUT2D eigenvalue weighted by Gasteiger charge is 2.47. The van der Waals surface area contributed by atoms with Crippen molar-refractivity contribution in [3.8, 4) is 0 Å². The smallest absolute Gasteiger partial charge is 0.254 e. The molecule has 2 saturated heterocycles. The van der Waals surface area contributed by atoms with E-state index in [2.05, 4.69) is 8.75 Å². The molecule has 2 aliphatic heterocycles. The summed E-state index contributed by atoms with van der Waals surface area (Å²) in [6, 6.07) is 5.34. The van der Waals surface area contributed by atoms with E-state index >= 15 is 0 Å². The maximum atomic E-state index is 13.1. The van der Waals surface area contributed by atoms with Crippen molar-refractivity contribution < 1.29 is 14.3 Å². The Bertz CT molecular complexity index is 817. The molecule has 7 nitrogen and oxygen atoms in total. The molecular formula is C17H20N4O3S. The van der Waals surface area contributed by atoms with E-state index < -0.39 is 5.54 Å². The first-order valence-corrected chi connectivity index (χ1v) is 9.24. The van der Waals surface area contributed by atoms with Crippen LogP contribution in [0.25, 0.3) is 11.0 Å². The normalized spacial score (nSPS) is 24.0. The van der Waals surface area contributed by atoms with Crippen LogP contribution in [0.15, 0.2) is 18.2 Å². The van der Waals surface area contributed by atoms with Crippen LogP contribution in [0.4, 0.5) is 0 Å². The molecule has 2 aliphatic rings. The van der Waals surface area contributed by atoms with E-state index in [-0.39, 0.29) is 11.8 Å². The van der Waals surface area contributed by atoms with Crippen LogP contribution in [0.5, 0.6) is 0 Å². The Morgan fingerprint density at radius 2 is 1.92 bits per heavy atom. The fourth-order valence-electron chi connectivity index (χ4n) is 3.69. The van der Waals surface area contributed by atoms with Crippen molar-refractivity contribution in [1.82, 2.24) is 18.5 Å². The van der Waals surface area contributed by atoms with Crippen molar-refractivity contribution in [3.05, 3.63) is 23.8 Å². The van der Waals surface area contributed by atoms with Crippen LogP contribution in [0, 0.1) is 0 Å². The van der Waals surface area contributed by atoms with Gasteiger partial charge in [-0.1, -0.05) is 0 Å². The maximum absolute atomic E-state index is 13.1. The van der Waals surface area contributed by atoms with Gasteiger partial charge in [0.25, 0.3) is 5.91 Å². The third-order valence-corrected chi connectivity index (χ3v) is 5.70. The number of carbonyl (C=O) groups is 2. The molecule has 3 heterocycles. The van der Waals surface area contributed by atoms with Crippen molar-refractivity contribution in [2.75, 3.05) is 32.8 Å². The fraction of sp³-hybridized carbons (Fsp3) is 0.529. The van der Waals surface area contributed by atoms with E-state index in [1.54, 1.807) is 17.0 Å². The summed E-state index contributed by atoms with van der Waals surface area (Å²) in [6.45, 7) is 4.78. The zero-order valence-electron chi connectivity index (χ0n) is 14.1. The fourth-order valence-corrected chi connectivity index (χ4v) is 4.21. The number of aromatic nitrogens is 2. The standard InChI is InChI=1S/C17H20N4O3S/c1-17(16(23)20-7-9-24-10-8-20)5-2-6-21(17)15(22)12-3-4-13-14(11-12)19-25-18-13/h3-4,11H,2,5-10H2,1H3/t17-/m0/s1. The number of fused-ring (bicyclic) bond motifs is 1. The Labute approximate surface area is 149 Å². The number of morpholine rings is 1. The predicted molar refractivity (Wildman–Crippen MR) is 93.5 cm³/mol. The molecule has 8 heteroatoms. The summed E-state index contributed by atoms with van der Waals surface area (Å²) in [7, 11) is 0. The van der Waals surface area contributed by atoms with Gasteiger partial charge in [-0.3, -0.25) is 9.59 Å². The Hall–Kier alpha value is -2.06. The van der Waals surface area contributed by atoms with Gasteiger partial charge in [0.15, 0.2) is 0 Å². The highest BCUT2D eigenvalue weighted by Crippen LogP contribution is 2.33. The third-order valence-electron chi connectivity index (χ3n) is 5.15. The van der Waals surface area contributed by atoms with E-state index in [1.807, 2.05) is 17.9 Å². The molecule has 0 saturated carbocycles. The zero-order chi connectivity index (χ0) is 17.4. The van der Waals surface area contributed by atoms with Crippen molar-refractivity contribution in [1.29, 1.82) is 0 Å². The number of carbonyl (C=O) groups excluding carboxylic acids is 2. The molecule has 2 aromatic rings. The maximum Gasteiger partial charge on any atom is 0.254 e. The molecule has 1 aromatic carbocycles. The van der Waals surface area contributed by atoms with Crippen LogP contribution < -0.4 is 0 Å². The third kappa shape index (κ3) is 2.79. The van der Waals surface area contributed by atoms with Gasteiger partial charge in [0, 0.05) is 25.2 Å². The van der Waals surface area contributed by atoms with E-state index in [9.17, 15) is 9.59 Å². The molecule has 1 atom stereocenters. The lowest BCUT2D eigenvalue weighted by Gasteiger charge is -2.39. The summed E-state index contributed by atoms with van der Waals surface area (Å²) >= 11 is 1.13. The Balaban J connectivity index is 1.61. The second-order valence-corrected chi connectivity index (χ2v) is 7.23. The van der Waals surface area contributed by atoms with E-state index in [4.69, 9.17) is 4.74 Å². The topological polar surface area (TPSA) is 75.6 Å². The van der Waals surface area contributed by atoms with Gasteiger partial charge in [0.2, 0.25) is 5.91 Å². The largest absolute Gasteiger partial charge is 0.378 e. The van der Waals surface area contributed by atoms with Gasteiger partial charge in [0.05, 0.1) is 24.9 Å². The quantitative estimate of drug-likeness (QED) is 0.812. The van der Waals surface area contributed by atoms with Crippen LogP contribution in [-0.2, 0) is 9.53 Å². The minimum Gasteiger partial charge on any atom is -0.378 e. The molecule has 4 rings (SSSR count). The number of nitrogens with zero attached hydrogens (tertiary/aromatic N) is 4. The average molecular weight is 360 g/mol. The van der Waals surface area contributed by atoms with Crippen molar-refractivity contribution >= 4 is 34.6 Å². The molecule has 0 N–H and O–H groups in total. The molecule has 132 valence electrons. The first kappa shape index (κ1) is 16.4. The van der Waals surface area contributed by atoms with Crippen molar-refractivity contribution in [3.63, 3.8) is 0 Å². The van der Waals surface area contributed by atoms with Crippen molar-refractivity contribution in [2.45, 2.75) is 25.3 Å². The molecule has 25 heavy (non-hydrogen) atoms. The van der Waals surface area contributed by atoms with Crippen LogP contribution in [0.3, 0.4) is 0 Å². The lowest BCUT2D eigenvalue weighted by Crippen LogP contribution is -2.58. The van der Waals surface area contributed by atoms with Gasteiger partial charge in [-0.05, 0) is 38.0 Å². The molecule has 0 radical (unpaired) electrons. The number of rotatable bonds is 2. The number of hydrogen-bond acceptors (Lipinski definition) is 6. The molecule has 0 unspecified atom stereocenters. The van der Waals surface area contributed by atoms with Gasteiger partial charge in [-0.15, -0.1) is 0 Å². The van der Waals surface area contributed by atoms with Crippen LogP contribution >= 0.6 is 11.7 Å². The number of hydrogen-bond donors (Lipinski definition) is 0. The number of benzene rings is 1. The first-order valence-electron chi connectivity index (χ1n) is 8.51. The summed E-state index contributed by atoms with van der Waals surface area (Å²) in [4.78, 5) is 29.7. The second-order valence-electron chi connectivity index (χ2n) is 6.71. The Morgan fingerprint density at radius 1 is 1.16 bits per heavy atom. The highest BCUT2D eigenvalue weighted by atomic mass is 32.1. The Morgan fingerprint density at radius 3 is 2.72 bits per heavy atom. The average Bonchev–Trinajstić information content (AvgIpc) is 3.27. The van der Waals surface area contributed by atoms with E-state index in [0.717, 1.165) is 29.2 Å². The van der Waals surface area contributed by atoms with Gasteiger partial charge in [-0.25, -0.2) is 0 Å². The molecule has 0 bridgehead atoms. The summed E-state index contributed by atoms with van der Waals surface area (Å²) in [5.74, 6) is -0.0884. The minimum absolute atomic E-state index is 0.0260. The van der Waals surface area contributed by atoms with Crippen LogP contribution in [0.2, 0.25) is 0 Å². The molecule has 2 amide bonds. The molecular weight excluding hydrogens is 340 g/mol. The number of likely N-dealkylation sites (tertiary alicyclic amines) is 1. The predicted octanol–water partition coefficient (Wildman–Crippen LogP) is 1.54. The SMILES string of the molecule is C[C@@]1(C(=O)N2CCOCC2)CCCN1C(=O)c1ccc2nsnc2c1. The highest BCUT2D eigenvalue weighted by molar-refractivity contribution is 7.00. The van der Waals surface area contributed by atoms with E-state index in [1.165, 1.54) is 0 Å². The molecule has 2 fully saturated rings. The second kappa shape index (κ2) is 6.34. The first-order chi connectivity index (χ1) is 12.1. The molecule has 1 aromatic heterocycles. The summed E-state index contributed by atoms with van der Waals surface area (Å²) in [5.41, 5.74) is 1.28. The number of ether oxygens (including phenoxy) is 1. The molecule has 0 spiro atoms. The summed E-state index contributed by atoms with van der Waals surface area (Å²) in [5, 5.41) is 0. The summed E-state index contributed by atoms with van der Waals surface area (Å²) < 4.78 is 13.7. The zero-order valence-corrected chi connectivity index (χ0v) is 14.9. The van der Waals surface area contributed by atoms with Gasteiger partial charge in [0.1, 0.15) is 16.6 Å². The van der Waals surface area contributed by atoms with Gasteiger partial charge in [-0.2, -0.15) is 8.75 Å². The van der Waals surface area contributed by atoms with Crippen LogP contribution in [0.1, 0.15) is 30.1 Å². The Kier molecular flexibility index (Phi) is 4.16. The lowest BCUT2D eigenvalue weighted by atomic mass is 9.95. The summed E-state index contributed by atoms with van der Waals surface area (Å²) in [6.07, 6.45) is 1.52. The van der Waals surface area contributed by atoms with E-state index in [0.29, 0.717) is 44.8 Å². The lowest BCUT2D eigenvalue weighted by molar-refractivity contribution is -0.144. The molecule has 0 aliphatic carbocycles. The number of amides is 2. The van der Waals surface area contributed by atoms with Crippen molar-refractivity contribution in [2.24, 2.45) is 0 Å². The minimum atomic E-state index is -0.788. The van der Waals surface area contributed by atoms with Gasteiger partial charge < -0.3 is 14.5 Å². The monoisotopic (exact) mass is 360 g/mol.